The van der Waals surface area contributed by atoms with Gasteiger partial charge >= 0.3 is 0 Å². The number of aromatic nitrogens is 2. The molecule has 1 fully saturated rings. The van der Waals surface area contributed by atoms with E-state index in [9.17, 15) is 14.4 Å². The maximum absolute atomic E-state index is 13.4. The van der Waals surface area contributed by atoms with Crippen LogP contribution < -0.4 is 27.7 Å². The van der Waals surface area contributed by atoms with Gasteiger partial charge in [-0.15, -0.1) is 11.3 Å². The van der Waals surface area contributed by atoms with Crippen LogP contribution in [-0.2, 0) is 17.8 Å². The lowest BCUT2D eigenvalue weighted by Crippen LogP contribution is -2.43. The van der Waals surface area contributed by atoms with Crippen molar-refractivity contribution in [3.05, 3.63) is 63.5 Å². The van der Waals surface area contributed by atoms with Crippen LogP contribution in [0.25, 0.3) is 10.2 Å². The van der Waals surface area contributed by atoms with Crippen LogP contribution in [0.4, 0.5) is 0 Å². The maximum Gasteiger partial charge on any atom is 0.254 e. The fourth-order valence-electron chi connectivity index (χ4n) is 4.73. The molecule has 1 atom stereocenters. The van der Waals surface area contributed by atoms with E-state index < -0.39 is 11.9 Å². The molecule has 11 heteroatoms. The second-order valence-corrected chi connectivity index (χ2v) is 10.6. The van der Waals surface area contributed by atoms with Gasteiger partial charge in [-0.1, -0.05) is 18.2 Å². The largest absolute Gasteiger partial charge is 0.370 e. The zero-order valence-corrected chi connectivity index (χ0v) is 22.2. The van der Waals surface area contributed by atoms with Crippen molar-refractivity contribution in [3.8, 4) is 0 Å². The molecule has 3 heterocycles. The van der Waals surface area contributed by atoms with Gasteiger partial charge in [0, 0.05) is 18.3 Å². The number of benzene rings is 1. The molecule has 0 aliphatic carbocycles. The first-order valence-electron chi connectivity index (χ1n) is 13.0. The molecule has 1 saturated heterocycles. The number of ketones is 1. The summed E-state index contributed by atoms with van der Waals surface area (Å²) in [7, 11) is 0. The highest BCUT2D eigenvalue weighted by Crippen LogP contribution is 2.23. The van der Waals surface area contributed by atoms with Gasteiger partial charge < -0.3 is 26.7 Å². The molecule has 1 amide bonds. The molecular weight excluding hydrogens is 502 g/mol. The first kappa shape index (κ1) is 27.5. The van der Waals surface area contributed by atoms with E-state index in [4.69, 9.17) is 11.5 Å². The fraction of sp³-hybridized carbons (Fsp3) is 0.444. The van der Waals surface area contributed by atoms with Crippen molar-refractivity contribution < 1.29 is 9.59 Å². The summed E-state index contributed by atoms with van der Waals surface area (Å²) >= 11 is 1.29. The Labute approximate surface area is 225 Å². The number of piperidine rings is 1. The summed E-state index contributed by atoms with van der Waals surface area (Å²) in [4.78, 5) is 47.9. The average molecular weight is 538 g/mol. The zero-order valence-electron chi connectivity index (χ0n) is 21.4. The van der Waals surface area contributed by atoms with Crippen LogP contribution in [0.2, 0.25) is 0 Å². The monoisotopic (exact) mass is 537 g/mol. The smallest absolute Gasteiger partial charge is 0.254 e. The van der Waals surface area contributed by atoms with Crippen LogP contribution in [0.5, 0.6) is 0 Å². The van der Waals surface area contributed by atoms with Gasteiger partial charge in [0.25, 0.3) is 5.56 Å². The van der Waals surface area contributed by atoms with Gasteiger partial charge in [0.05, 0.1) is 16.3 Å². The number of hydrogen-bond acceptors (Lipinski definition) is 7. The van der Waals surface area contributed by atoms with Gasteiger partial charge in [0.2, 0.25) is 11.7 Å². The first-order valence-corrected chi connectivity index (χ1v) is 13.9. The summed E-state index contributed by atoms with van der Waals surface area (Å²) in [5.74, 6) is -0.0976. The van der Waals surface area contributed by atoms with E-state index in [1.54, 1.807) is 12.3 Å². The van der Waals surface area contributed by atoms with Gasteiger partial charge in [-0.25, -0.2) is 4.98 Å². The van der Waals surface area contributed by atoms with Crippen molar-refractivity contribution in [2.75, 3.05) is 19.6 Å². The van der Waals surface area contributed by atoms with Crippen molar-refractivity contribution >= 4 is 39.2 Å². The number of aliphatic imine (C=N–C) groups is 1. The second-order valence-electron chi connectivity index (χ2n) is 9.62. The number of rotatable bonds is 12. The summed E-state index contributed by atoms with van der Waals surface area (Å²) in [6, 6.07) is 10.3. The Morgan fingerprint density at radius 2 is 1.97 bits per heavy atom. The van der Waals surface area contributed by atoms with Crippen molar-refractivity contribution in [2.24, 2.45) is 22.4 Å². The molecule has 6 N–H and O–H groups in total. The molecule has 38 heavy (non-hydrogen) atoms. The van der Waals surface area contributed by atoms with Crippen LogP contribution in [0.15, 0.2) is 52.4 Å². The topological polar surface area (TPSA) is 157 Å². The number of pyridine rings is 1. The second kappa shape index (κ2) is 13.3. The Balaban J connectivity index is 1.43. The summed E-state index contributed by atoms with van der Waals surface area (Å²) in [6.45, 7) is 2.21. The fourth-order valence-corrected chi connectivity index (χ4v) is 5.69. The Kier molecular flexibility index (Phi) is 9.61. The number of Topliss-reactive ketones (excluding diaryl/α,β-unsaturated/α-hetero) is 1. The van der Waals surface area contributed by atoms with Crippen LogP contribution in [0, 0.1) is 5.92 Å². The SMILES string of the molecule is NC(N)=NCCC[C@H](NC(=O)Cn1cccc(CCC2CCNCC2)c1=O)C(=O)c1nc2ccccc2s1. The number of nitrogens with two attached hydrogens (primary N) is 2. The number of nitrogens with zero attached hydrogens (tertiary/aromatic N) is 3. The van der Waals surface area contributed by atoms with Gasteiger partial charge in [-0.2, -0.15) is 0 Å². The van der Waals surface area contributed by atoms with Gasteiger partial charge in [-0.3, -0.25) is 19.4 Å². The van der Waals surface area contributed by atoms with Gasteiger partial charge in [-0.05, 0) is 75.7 Å². The number of guanidine groups is 1. The van der Waals surface area contributed by atoms with Crippen molar-refractivity contribution in [1.29, 1.82) is 0 Å². The van der Waals surface area contributed by atoms with E-state index in [2.05, 4.69) is 20.6 Å². The minimum atomic E-state index is -0.809. The number of carbonyl (C=O) groups excluding carboxylic acids is 2. The number of amides is 1. The predicted octanol–water partition coefficient (Wildman–Crippen LogP) is 1.81. The lowest BCUT2D eigenvalue weighted by molar-refractivity contribution is -0.122. The molecule has 3 aromatic rings. The summed E-state index contributed by atoms with van der Waals surface area (Å²) in [6.07, 6.45) is 6.33. The number of fused-ring (bicyclic) bond motifs is 1. The third-order valence-electron chi connectivity index (χ3n) is 6.80. The van der Waals surface area contributed by atoms with Crippen LogP contribution >= 0.6 is 11.3 Å². The van der Waals surface area contributed by atoms with Crippen LogP contribution in [-0.4, -0.2) is 52.9 Å². The predicted molar refractivity (Wildman–Crippen MR) is 150 cm³/mol. The van der Waals surface area contributed by atoms with E-state index in [1.807, 2.05) is 30.3 Å². The Bertz CT molecular complexity index is 1310. The summed E-state index contributed by atoms with van der Waals surface area (Å²) < 4.78 is 2.31. The summed E-state index contributed by atoms with van der Waals surface area (Å²) in [5.41, 5.74) is 12.1. The standard InChI is InChI=1S/C27H35N7O3S/c28-27(29)31-13-3-7-21(24(36)25-33-20-6-1-2-8-22(20)38-25)32-23(35)17-34-16-4-5-19(26(34)37)10-9-18-11-14-30-15-12-18/h1-2,4-6,8,16,18,21,30H,3,7,9-15,17H2,(H,32,35)(H4,28,29,31)/t21-/m0/s1. The minimum absolute atomic E-state index is 0.0255. The molecule has 1 aromatic carbocycles. The molecular formula is C27H35N7O3S. The molecule has 202 valence electrons. The number of carbonyl (C=O) groups is 2. The third kappa shape index (κ3) is 7.48. The minimum Gasteiger partial charge on any atom is -0.370 e. The number of aryl methyl sites for hydroxylation is 1. The lowest BCUT2D eigenvalue weighted by atomic mass is 9.92. The van der Waals surface area contributed by atoms with Crippen LogP contribution in [0.3, 0.4) is 0 Å². The molecule has 10 nitrogen and oxygen atoms in total. The molecule has 0 unspecified atom stereocenters. The Morgan fingerprint density at radius 1 is 1.18 bits per heavy atom. The number of hydrogen-bond donors (Lipinski definition) is 4. The third-order valence-corrected chi connectivity index (χ3v) is 7.85. The molecule has 4 rings (SSSR count). The molecule has 2 aromatic heterocycles. The number of thiazole rings is 1. The van der Waals surface area contributed by atoms with Crippen molar-refractivity contribution in [2.45, 2.75) is 51.1 Å². The van der Waals surface area contributed by atoms with Gasteiger partial charge in [0.1, 0.15) is 6.54 Å². The maximum atomic E-state index is 13.4. The lowest BCUT2D eigenvalue weighted by Gasteiger charge is -2.22. The normalized spacial score (nSPS) is 14.7. The number of para-hydroxylation sites is 1. The zero-order chi connectivity index (χ0) is 26.9. The molecule has 0 radical (unpaired) electrons. The van der Waals surface area contributed by atoms with Crippen LogP contribution in [0.1, 0.15) is 47.5 Å². The van der Waals surface area contributed by atoms with Gasteiger partial charge in [0.15, 0.2) is 11.0 Å². The average Bonchev–Trinajstić information content (AvgIpc) is 3.35. The molecule has 1 aliphatic rings. The van der Waals surface area contributed by atoms with E-state index in [0.717, 1.165) is 42.6 Å². The highest BCUT2D eigenvalue weighted by Gasteiger charge is 2.25. The first-order chi connectivity index (χ1) is 18.4. The highest BCUT2D eigenvalue weighted by atomic mass is 32.1. The summed E-state index contributed by atoms with van der Waals surface area (Å²) in [5, 5.41) is 6.52. The van der Waals surface area contributed by atoms with E-state index in [1.165, 1.54) is 15.9 Å². The highest BCUT2D eigenvalue weighted by molar-refractivity contribution is 7.20. The number of nitrogens with one attached hydrogen (secondary N) is 2. The Morgan fingerprint density at radius 3 is 2.74 bits per heavy atom. The molecule has 0 saturated carbocycles. The van der Waals surface area contributed by atoms with E-state index in [0.29, 0.717) is 42.3 Å². The Hall–Kier alpha value is -3.57. The van der Waals surface area contributed by atoms with Crippen molar-refractivity contribution in [3.63, 3.8) is 0 Å². The quantitative estimate of drug-likeness (QED) is 0.119. The van der Waals surface area contributed by atoms with E-state index in [-0.39, 0.29) is 23.8 Å². The molecule has 0 spiro atoms. The molecule has 0 bridgehead atoms. The van der Waals surface area contributed by atoms with E-state index >= 15 is 0 Å². The molecule has 1 aliphatic heterocycles. The van der Waals surface area contributed by atoms with Crippen molar-refractivity contribution in [1.82, 2.24) is 20.2 Å².